The molecule has 1 aromatic heterocycles. The zero-order chi connectivity index (χ0) is 8.69. The smallest absolute Gasteiger partial charge is 0.177 e. The maximum absolute atomic E-state index is 8.28. The molecule has 0 saturated heterocycles. The van der Waals surface area contributed by atoms with Crippen LogP contribution in [0.5, 0.6) is 0 Å². The van der Waals surface area contributed by atoms with Gasteiger partial charge in [0.05, 0.1) is 0 Å². The number of aromatic nitrogens is 2. The summed E-state index contributed by atoms with van der Waals surface area (Å²) in [6.07, 6.45) is 2.85. The molecule has 0 fully saturated rings. The molecule has 0 aliphatic rings. The van der Waals surface area contributed by atoms with Crippen LogP contribution in [0.3, 0.4) is 0 Å². The Morgan fingerprint density at radius 3 is 2.27 bits per heavy atom. The van der Waals surface area contributed by atoms with Crippen LogP contribution >= 0.6 is 11.6 Å². The molecule has 11 heavy (non-hydrogen) atoms. The number of rotatable bonds is 0. The molecular formula is C7H8ClN3. The molecule has 0 aliphatic carbocycles. The first-order valence-electron chi connectivity index (χ1n) is 3.21. The number of hydrogen-bond acceptors (Lipinski definition) is 3. The van der Waals surface area contributed by atoms with E-state index in [1.54, 1.807) is 6.07 Å². The van der Waals surface area contributed by atoms with E-state index < -0.39 is 0 Å². The molecule has 0 amide bonds. The summed E-state index contributed by atoms with van der Waals surface area (Å²) in [6, 6.07) is 1.79. The van der Waals surface area contributed by atoms with Crippen LogP contribution in [0.15, 0.2) is 12.4 Å². The third-order valence-corrected chi connectivity index (χ3v) is 1.04. The number of nitriles is 1. The molecule has 0 unspecified atom stereocenters. The molecule has 1 rings (SSSR count). The highest BCUT2D eigenvalue weighted by atomic mass is 35.5. The Kier molecular flexibility index (Phi) is 5.05. The molecule has 0 atom stereocenters. The fourth-order valence-corrected chi connectivity index (χ4v) is 0.543. The normalized spacial score (nSPS) is 7.45. The van der Waals surface area contributed by atoms with Gasteiger partial charge in [-0.25, -0.2) is 9.97 Å². The molecule has 1 heterocycles. The predicted molar refractivity (Wildman–Crippen MR) is 43.1 cm³/mol. The standard InChI is InChI=1S/C5H2ClN3.C2H6/c6-5-4(3-7)8-1-2-9-5;1-2/h1-2H;1-2H3. The fourth-order valence-electron chi connectivity index (χ4n) is 0.396. The van der Waals surface area contributed by atoms with E-state index >= 15 is 0 Å². The Hall–Kier alpha value is -1.14. The van der Waals surface area contributed by atoms with Gasteiger partial charge in [0.15, 0.2) is 10.8 Å². The summed E-state index contributed by atoms with van der Waals surface area (Å²) in [4.78, 5) is 7.27. The van der Waals surface area contributed by atoms with E-state index in [0.717, 1.165) is 0 Å². The SMILES string of the molecule is CC.N#Cc1nccnc1Cl. The first kappa shape index (κ1) is 9.86. The lowest BCUT2D eigenvalue weighted by Gasteiger charge is -1.86. The predicted octanol–water partition coefficient (Wildman–Crippen LogP) is 2.03. The van der Waals surface area contributed by atoms with Crippen LogP contribution in [0.1, 0.15) is 19.5 Å². The molecular weight excluding hydrogens is 162 g/mol. The van der Waals surface area contributed by atoms with Gasteiger partial charge < -0.3 is 0 Å². The van der Waals surface area contributed by atoms with Gasteiger partial charge in [-0.3, -0.25) is 0 Å². The molecule has 0 radical (unpaired) electrons. The van der Waals surface area contributed by atoms with E-state index in [0.29, 0.717) is 0 Å². The van der Waals surface area contributed by atoms with Gasteiger partial charge in [-0.1, -0.05) is 25.4 Å². The molecule has 0 aromatic carbocycles. The average Bonchev–Trinajstić information content (AvgIpc) is 2.09. The molecule has 0 N–H and O–H groups in total. The van der Waals surface area contributed by atoms with Gasteiger partial charge in [0.25, 0.3) is 0 Å². The number of halogens is 1. The van der Waals surface area contributed by atoms with Crippen molar-refractivity contribution in [3.05, 3.63) is 23.2 Å². The lowest BCUT2D eigenvalue weighted by atomic mass is 10.5. The molecule has 3 nitrogen and oxygen atoms in total. The molecule has 0 aliphatic heterocycles. The van der Waals surface area contributed by atoms with Crippen molar-refractivity contribution >= 4 is 11.6 Å². The highest BCUT2D eigenvalue weighted by Gasteiger charge is 1.96. The fraction of sp³-hybridized carbons (Fsp3) is 0.286. The highest BCUT2D eigenvalue weighted by Crippen LogP contribution is 2.05. The second-order valence-electron chi connectivity index (χ2n) is 1.31. The second kappa shape index (κ2) is 5.63. The van der Waals surface area contributed by atoms with E-state index in [1.165, 1.54) is 12.4 Å². The Morgan fingerprint density at radius 2 is 1.91 bits per heavy atom. The third-order valence-electron chi connectivity index (χ3n) is 0.759. The van der Waals surface area contributed by atoms with Gasteiger partial charge in [-0.15, -0.1) is 0 Å². The molecule has 4 heteroatoms. The average molecular weight is 170 g/mol. The van der Waals surface area contributed by atoms with Crippen LogP contribution in [0.4, 0.5) is 0 Å². The van der Waals surface area contributed by atoms with Crippen molar-refractivity contribution in [1.82, 2.24) is 9.97 Å². The number of hydrogen-bond donors (Lipinski definition) is 0. The van der Waals surface area contributed by atoms with Crippen LogP contribution < -0.4 is 0 Å². The lowest BCUT2D eigenvalue weighted by molar-refractivity contribution is 1.16. The summed E-state index contributed by atoms with van der Waals surface area (Å²) in [5.41, 5.74) is 0.166. The minimum atomic E-state index is 0.153. The number of nitrogens with zero attached hydrogens (tertiary/aromatic N) is 3. The van der Waals surface area contributed by atoms with E-state index in [4.69, 9.17) is 16.9 Å². The molecule has 0 bridgehead atoms. The van der Waals surface area contributed by atoms with E-state index in [1.807, 2.05) is 13.8 Å². The lowest BCUT2D eigenvalue weighted by Crippen LogP contribution is -1.84. The van der Waals surface area contributed by atoms with E-state index in [9.17, 15) is 0 Å². The van der Waals surface area contributed by atoms with Crippen molar-refractivity contribution in [2.75, 3.05) is 0 Å². The van der Waals surface area contributed by atoms with Crippen molar-refractivity contribution in [3.63, 3.8) is 0 Å². The van der Waals surface area contributed by atoms with E-state index in [-0.39, 0.29) is 10.8 Å². The van der Waals surface area contributed by atoms with Gasteiger partial charge in [-0.2, -0.15) is 5.26 Å². The maximum atomic E-state index is 8.28. The van der Waals surface area contributed by atoms with Crippen molar-refractivity contribution in [1.29, 1.82) is 5.26 Å². The third kappa shape index (κ3) is 2.96. The summed E-state index contributed by atoms with van der Waals surface area (Å²) < 4.78 is 0. The monoisotopic (exact) mass is 169 g/mol. The molecule has 1 aromatic rings. The van der Waals surface area contributed by atoms with Crippen molar-refractivity contribution in [2.24, 2.45) is 0 Å². The molecule has 0 saturated carbocycles. The topological polar surface area (TPSA) is 49.6 Å². The van der Waals surface area contributed by atoms with E-state index in [2.05, 4.69) is 9.97 Å². The minimum Gasteiger partial charge on any atom is -0.241 e. The summed E-state index contributed by atoms with van der Waals surface area (Å²) in [5.74, 6) is 0. The van der Waals surface area contributed by atoms with Gasteiger partial charge in [-0.05, 0) is 0 Å². The molecule has 58 valence electrons. The zero-order valence-corrected chi connectivity index (χ0v) is 7.13. The van der Waals surface area contributed by atoms with Crippen LogP contribution in [0, 0.1) is 11.3 Å². The van der Waals surface area contributed by atoms with Gasteiger partial charge in [0.2, 0.25) is 0 Å². The summed E-state index contributed by atoms with van der Waals surface area (Å²) in [7, 11) is 0. The van der Waals surface area contributed by atoms with Crippen LogP contribution in [0.2, 0.25) is 5.15 Å². The highest BCUT2D eigenvalue weighted by molar-refractivity contribution is 6.30. The largest absolute Gasteiger partial charge is 0.241 e. The van der Waals surface area contributed by atoms with Crippen LogP contribution in [0.25, 0.3) is 0 Å². The van der Waals surface area contributed by atoms with Crippen LogP contribution in [-0.4, -0.2) is 9.97 Å². The quantitative estimate of drug-likeness (QED) is 0.597. The van der Waals surface area contributed by atoms with Crippen molar-refractivity contribution in [2.45, 2.75) is 13.8 Å². The van der Waals surface area contributed by atoms with Crippen molar-refractivity contribution in [3.8, 4) is 6.07 Å². The zero-order valence-electron chi connectivity index (χ0n) is 6.37. The maximum Gasteiger partial charge on any atom is 0.177 e. The van der Waals surface area contributed by atoms with Gasteiger partial charge in [0.1, 0.15) is 6.07 Å². The van der Waals surface area contributed by atoms with Gasteiger partial charge >= 0.3 is 0 Å². The Balaban J connectivity index is 0.000000461. The first-order valence-corrected chi connectivity index (χ1v) is 3.59. The van der Waals surface area contributed by atoms with Crippen molar-refractivity contribution < 1.29 is 0 Å². The minimum absolute atomic E-state index is 0.153. The Labute approximate surface area is 70.7 Å². The summed E-state index contributed by atoms with van der Waals surface area (Å²) >= 11 is 5.43. The second-order valence-corrected chi connectivity index (χ2v) is 1.67. The molecule has 0 spiro atoms. The summed E-state index contributed by atoms with van der Waals surface area (Å²) in [5, 5.41) is 8.43. The van der Waals surface area contributed by atoms with Gasteiger partial charge in [0, 0.05) is 12.4 Å². The Bertz CT molecular complexity index is 254. The Morgan fingerprint density at radius 1 is 1.36 bits per heavy atom. The summed E-state index contributed by atoms with van der Waals surface area (Å²) in [6.45, 7) is 4.00. The van der Waals surface area contributed by atoms with Crippen LogP contribution in [-0.2, 0) is 0 Å². The first-order chi connectivity index (χ1) is 5.34.